The van der Waals surface area contributed by atoms with Crippen LogP contribution in [-0.2, 0) is 0 Å². The van der Waals surface area contributed by atoms with Crippen molar-refractivity contribution in [2.45, 2.75) is 42.8 Å². The number of benzene rings is 2. The van der Waals surface area contributed by atoms with Crippen molar-refractivity contribution in [2.75, 3.05) is 0 Å². The van der Waals surface area contributed by atoms with E-state index in [-0.39, 0.29) is 4.83 Å². The molecule has 2 aromatic carbocycles. The van der Waals surface area contributed by atoms with E-state index in [0.29, 0.717) is 0 Å². The number of hydrogen-bond acceptors (Lipinski definition) is 0. The molecule has 1 aliphatic carbocycles. The molecule has 0 saturated heterocycles. The maximum absolute atomic E-state index is 6.08. The molecule has 2 heteroatoms. The van der Waals surface area contributed by atoms with E-state index >= 15 is 0 Å². The van der Waals surface area contributed by atoms with E-state index < -0.39 is 0 Å². The molecule has 0 spiro atoms. The summed E-state index contributed by atoms with van der Waals surface area (Å²) in [5.74, 6) is 0.771. The minimum absolute atomic E-state index is 0.205. The van der Waals surface area contributed by atoms with Gasteiger partial charge in [0, 0.05) is 5.02 Å². The van der Waals surface area contributed by atoms with Gasteiger partial charge in [0.2, 0.25) is 0 Å². The van der Waals surface area contributed by atoms with Crippen molar-refractivity contribution in [3.05, 3.63) is 70.2 Å². The summed E-state index contributed by atoms with van der Waals surface area (Å²) in [6.45, 7) is 0. The van der Waals surface area contributed by atoms with Crippen LogP contribution in [0.1, 0.15) is 59.5 Å². The number of hydrogen-bond donors (Lipinski definition) is 0. The highest BCUT2D eigenvalue weighted by Gasteiger charge is 2.16. The van der Waals surface area contributed by atoms with E-state index in [1.807, 2.05) is 18.2 Å². The Balaban J connectivity index is 1.77. The summed E-state index contributed by atoms with van der Waals surface area (Å²) >= 11 is 9.87. The third-order valence-corrected chi connectivity index (χ3v) is 5.74. The zero-order valence-electron chi connectivity index (χ0n) is 12.1. The largest absolute Gasteiger partial charge is 0.0843 e. The maximum atomic E-state index is 6.08. The van der Waals surface area contributed by atoms with Gasteiger partial charge in [0.15, 0.2) is 0 Å². The first kappa shape index (κ1) is 15.1. The summed E-state index contributed by atoms with van der Waals surface area (Å²) in [7, 11) is 0. The molecule has 1 unspecified atom stereocenters. The van der Waals surface area contributed by atoms with Crippen LogP contribution < -0.4 is 0 Å². The Kier molecular flexibility index (Phi) is 5.03. The predicted octanol–water partition coefficient (Wildman–Crippen LogP) is 6.87. The van der Waals surface area contributed by atoms with Crippen LogP contribution in [0.15, 0.2) is 48.5 Å². The lowest BCUT2D eigenvalue weighted by Gasteiger charge is -2.22. The number of halogens is 2. The van der Waals surface area contributed by atoms with Gasteiger partial charge >= 0.3 is 0 Å². The maximum Gasteiger partial charge on any atom is 0.0645 e. The molecule has 3 rings (SSSR count). The Bertz CT molecular complexity index is 585. The molecule has 0 radical (unpaired) electrons. The van der Waals surface area contributed by atoms with Crippen LogP contribution in [0.2, 0.25) is 5.02 Å². The van der Waals surface area contributed by atoms with E-state index in [4.69, 9.17) is 11.6 Å². The summed E-state index contributed by atoms with van der Waals surface area (Å²) in [5.41, 5.74) is 3.99. The second kappa shape index (κ2) is 6.98. The third kappa shape index (κ3) is 3.70. The van der Waals surface area contributed by atoms with Crippen molar-refractivity contribution in [2.24, 2.45) is 0 Å². The molecule has 0 aromatic heterocycles. The average Bonchev–Trinajstić information content (AvgIpc) is 2.55. The van der Waals surface area contributed by atoms with Gasteiger partial charge in [0.25, 0.3) is 0 Å². The lowest BCUT2D eigenvalue weighted by Crippen LogP contribution is -2.04. The van der Waals surface area contributed by atoms with Crippen LogP contribution in [-0.4, -0.2) is 0 Å². The minimum atomic E-state index is 0.205. The molecule has 1 atom stereocenters. The van der Waals surface area contributed by atoms with E-state index in [2.05, 4.69) is 46.3 Å². The molecule has 110 valence electrons. The summed E-state index contributed by atoms with van der Waals surface area (Å²) in [6.07, 6.45) is 6.88. The fraction of sp³-hybridized carbons (Fsp3) is 0.368. The Morgan fingerprint density at radius 1 is 0.905 bits per heavy atom. The molecule has 1 fully saturated rings. The summed E-state index contributed by atoms with van der Waals surface area (Å²) in [6, 6.07) is 17.2. The highest BCUT2D eigenvalue weighted by molar-refractivity contribution is 9.09. The predicted molar refractivity (Wildman–Crippen MR) is 94.5 cm³/mol. The van der Waals surface area contributed by atoms with E-state index in [1.165, 1.54) is 48.8 Å². The molecule has 1 aliphatic rings. The van der Waals surface area contributed by atoms with Gasteiger partial charge in [-0.25, -0.2) is 0 Å². The first-order chi connectivity index (χ1) is 10.2. The summed E-state index contributed by atoms with van der Waals surface area (Å²) in [5, 5.41) is 0.788. The first-order valence-electron chi connectivity index (χ1n) is 7.73. The molecule has 0 N–H and O–H groups in total. The standard InChI is InChI=1S/C19H20BrCl/c20-19(17-7-4-8-18(21)13-17)16-11-9-15(10-12-16)14-5-2-1-3-6-14/h4,7-14,19H,1-3,5-6H2. The lowest BCUT2D eigenvalue weighted by molar-refractivity contribution is 0.443. The van der Waals surface area contributed by atoms with Crippen molar-refractivity contribution < 1.29 is 0 Å². The highest BCUT2D eigenvalue weighted by atomic mass is 79.9. The average molecular weight is 364 g/mol. The minimum Gasteiger partial charge on any atom is -0.0843 e. The monoisotopic (exact) mass is 362 g/mol. The zero-order valence-corrected chi connectivity index (χ0v) is 14.4. The lowest BCUT2D eigenvalue weighted by atomic mass is 9.84. The molecule has 0 amide bonds. The first-order valence-corrected chi connectivity index (χ1v) is 9.03. The second-order valence-electron chi connectivity index (χ2n) is 5.92. The molecule has 0 nitrogen and oxygen atoms in total. The smallest absolute Gasteiger partial charge is 0.0645 e. The third-order valence-electron chi connectivity index (χ3n) is 4.45. The SMILES string of the molecule is Clc1cccc(C(Br)c2ccc(C3CCCCC3)cc2)c1. The summed E-state index contributed by atoms with van der Waals surface area (Å²) < 4.78 is 0. The van der Waals surface area contributed by atoms with Gasteiger partial charge in [-0.3, -0.25) is 0 Å². The quantitative estimate of drug-likeness (QED) is 0.522. The Morgan fingerprint density at radius 3 is 2.29 bits per heavy atom. The van der Waals surface area contributed by atoms with Gasteiger partial charge in [0.05, 0.1) is 4.83 Å². The van der Waals surface area contributed by atoms with E-state index in [1.54, 1.807) is 0 Å². The van der Waals surface area contributed by atoms with Crippen LogP contribution in [0, 0.1) is 0 Å². The Hall–Kier alpha value is -0.790. The van der Waals surface area contributed by atoms with Crippen LogP contribution in [0.4, 0.5) is 0 Å². The van der Waals surface area contributed by atoms with Crippen molar-refractivity contribution in [1.82, 2.24) is 0 Å². The number of alkyl halides is 1. The van der Waals surface area contributed by atoms with Gasteiger partial charge in [-0.1, -0.05) is 83.2 Å². The van der Waals surface area contributed by atoms with Crippen molar-refractivity contribution in [3.63, 3.8) is 0 Å². The van der Waals surface area contributed by atoms with E-state index in [9.17, 15) is 0 Å². The Morgan fingerprint density at radius 2 is 1.62 bits per heavy atom. The van der Waals surface area contributed by atoms with Gasteiger partial charge in [-0.05, 0) is 47.6 Å². The highest BCUT2D eigenvalue weighted by Crippen LogP contribution is 2.35. The summed E-state index contributed by atoms with van der Waals surface area (Å²) in [4.78, 5) is 0.205. The van der Waals surface area contributed by atoms with Crippen LogP contribution in [0.5, 0.6) is 0 Å². The van der Waals surface area contributed by atoms with E-state index in [0.717, 1.165) is 10.9 Å². The fourth-order valence-corrected chi connectivity index (χ4v) is 4.02. The van der Waals surface area contributed by atoms with Gasteiger partial charge < -0.3 is 0 Å². The molecule has 0 bridgehead atoms. The van der Waals surface area contributed by atoms with Crippen LogP contribution in [0.25, 0.3) is 0 Å². The molecule has 2 aromatic rings. The normalized spacial score (nSPS) is 17.6. The zero-order chi connectivity index (χ0) is 14.7. The van der Waals surface area contributed by atoms with Crippen LogP contribution in [0.3, 0.4) is 0 Å². The van der Waals surface area contributed by atoms with Crippen molar-refractivity contribution >= 4 is 27.5 Å². The molecule has 1 saturated carbocycles. The second-order valence-corrected chi connectivity index (χ2v) is 7.27. The topological polar surface area (TPSA) is 0 Å². The van der Waals surface area contributed by atoms with Crippen molar-refractivity contribution in [1.29, 1.82) is 0 Å². The number of rotatable bonds is 3. The molecule has 0 heterocycles. The van der Waals surface area contributed by atoms with Crippen molar-refractivity contribution in [3.8, 4) is 0 Å². The molecule has 0 aliphatic heterocycles. The van der Waals surface area contributed by atoms with Gasteiger partial charge in [0.1, 0.15) is 0 Å². The molecular weight excluding hydrogens is 344 g/mol. The molecule has 21 heavy (non-hydrogen) atoms. The van der Waals surface area contributed by atoms with Gasteiger partial charge in [-0.15, -0.1) is 0 Å². The Labute approximate surface area is 140 Å². The van der Waals surface area contributed by atoms with Crippen LogP contribution >= 0.6 is 27.5 Å². The van der Waals surface area contributed by atoms with Gasteiger partial charge in [-0.2, -0.15) is 0 Å². The fourth-order valence-electron chi connectivity index (χ4n) is 3.23. The molecular formula is C19H20BrCl.